The molecular formula is C21H20ClF2N5. The van der Waals surface area contributed by atoms with Crippen LogP contribution in [0.3, 0.4) is 0 Å². The minimum Gasteiger partial charge on any atom is -0.368 e. The van der Waals surface area contributed by atoms with Gasteiger partial charge in [-0.25, -0.2) is 13.8 Å². The molecule has 0 aliphatic carbocycles. The number of hydrogen-bond acceptors (Lipinski definition) is 5. The van der Waals surface area contributed by atoms with E-state index < -0.39 is 0 Å². The van der Waals surface area contributed by atoms with Gasteiger partial charge in [0.2, 0.25) is 5.95 Å². The van der Waals surface area contributed by atoms with Gasteiger partial charge in [0.1, 0.15) is 22.6 Å². The van der Waals surface area contributed by atoms with Crippen molar-refractivity contribution in [2.24, 2.45) is 0 Å². The Hall–Kier alpha value is -2.77. The van der Waals surface area contributed by atoms with Crippen LogP contribution in [0.4, 0.5) is 20.5 Å². The molecule has 0 radical (unpaired) electrons. The summed E-state index contributed by atoms with van der Waals surface area (Å²) >= 11 is 6.00. The molecule has 0 bridgehead atoms. The highest BCUT2D eigenvalue weighted by Gasteiger charge is 2.27. The number of hydrogen-bond donors (Lipinski definition) is 1. The van der Waals surface area contributed by atoms with E-state index in [9.17, 15) is 8.78 Å². The third kappa shape index (κ3) is 4.46. The lowest BCUT2D eigenvalue weighted by Gasteiger charge is -2.40. The summed E-state index contributed by atoms with van der Waals surface area (Å²) in [6.45, 7) is 2.90. The Morgan fingerprint density at radius 3 is 1.83 bits per heavy atom. The third-order valence-electron chi connectivity index (χ3n) is 5.07. The Morgan fingerprint density at radius 1 is 0.828 bits per heavy atom. The molecule has 3 aromatic rings. The highest BCUT2D eigenvalue weighted by Crippen LogP contribution is 2.31. The zero-order chi connectivity index (χ0) is 20.4. The fourth-order valence-electron chi connectivity index (χ4n) is 3.70. The predicted molar refractivity (Wildman–Crippen MR) is 110 cm³/mol. The number of anilines is 2. The average molecular weight is 416 g/mol. The fraction of sp³-hybridized carbons (Fsp3) is 0.238. The molecule has 5 nitrogen and oxygen atoms in total. The van der Waals surface area contributed by atoms with E-state index in [1.165, 1.54) is 24.3 Å². The van der Waals surface area contributed by atoms with E-state index in [2.05, 4.69) is 19.8 Å². The smallest absolute Gasteiger partial charge is 0.223 e. The van der Waals surface area contributed by atoms with Gasteiger partial charge in [0.05, 0.1) is 6.04 Å². The molecule has 2 heterocycles. The number of benzene rings is 2. The molecule has 1 aromatic heterocycles. The quantitative estimate of drug-likeness (QED) is 0.655. The number of nitrogen functional groups attached to an aromatic ring is 1. The molecule has 0 saturated carbocycles. The molecule has 1 aliphatic rings. The molecule has 4 rings (SSSR count). The number of halogens is 3. The molecule has 0 atom stereocenters. The second-order valence-electron chi connectivity index (χ2n) is 6.94. The average Bonchev–Trinajstić information content (AvgIpc) is 2.71. The van der Waals surface area contributed by atoms with Crippen molar-refractivity contribution < 1.29 is 8.78 Å². The van der Waals surface area contributed by atoms with Crippen LogP contribution in [0.5, 0.6) is 0 Å². The minimum atomic E-state index is -0.283. The van der Waals surface area contributed by atoms with E-state index in [0.29, 0.717) is 24.1 Å². The van der Waals surface area contributed by atoms with Gasteiger partial charge in [-0.1, -0.05) is 35.9 Å². The van der Waals surface area contributed by atoms with Crippen LogP contribution in [0.1, 0.15) is 17.2 Å². The summed E-state index contributed by atoms with van der Waals surface area (Å²) in [6.07, 6.45) is 0. The molecule has 2 N–H and O–H groups in total. The number of piperazine rings is 1. The molecule has 1 fully saturated rings. The number of rotatable bonds is 4. The molecule has 150 valence electrons. The molecule has 29 heavy (non-hydrogen) atoms. The first kappa shape index (κ1) is 19.5. The van der Waals surface area contributed by atoms with Crippen molar-refractivity contribution in [3.63, 3.8) is 0 Å². The summed E-state index contributed by atoms with van der Waals surface area (Å²) in [5.41, 5.74) is 7.63. The maximum absolute atomic E-state index is 13.4. The van der Waals surface area contributed by atoms with Crippen LogP contribution >= 0.6 is 11.6 Å². The van der Waals surface area contributed by atoms with Gasteiger partial charge >= 0.3 is 0 Å². The van der Waals surface area contributed by atoms with Gasteiger partial charge in [-0.15, -0.1) is 0 Å². The lowest BCUT2D eigenvalue weighted by Crippen LogP contribution is -2.48. The standard InChI is InChI=1S/C21H20ClF2N5/c22-18-13-19(27-21(25)26-18)28-9-11-29(12-10-28)20(14-1-5-16(23)6-2-14)15-3-7-17(24)8-4-15/h1-8,13,20H,9-12H2,(H2,25,26,27). The van der Waals surface area contributed by atoms with E-state index in [4.69, 9.17) is 17.3 Å². The first-order chi connectivity index (χ1) is 14.0. The van der Waals surface area contributed by atoms with Gasteiger partial charge in [0.25, 0.3) is 0 Å². The molecule has 0 spiro atoms. The third-order valence-corrected chi connectivity index (χ3v) is 5.27. The largest absolute Gasteiger partial charge is 0.368 e. The van der Waals surface area contributed by atoms with Crippen molar-refractivity contribution in [2.45, 2.75) is 6.04 Å². The van der Waals surface area contributed by atoms with Crippen LogP contribution in [0.15, 0.2) is 54.6 Å². The van der Waals surface area contributed by atoms with Crippen molar-refractivity contribution >= 4 is 23.4 Å². The lowest BCUT2D eigenvalue weighted by molar-refractivity contribution is 0.212. The van der Waals surface area contributed by atoms with Crippen molar-refractivity contribution in [1.29, 1.82) is 0 Å². The van der Waals surface area contributed by atoms with Gasteiger partial charge in [0.15, 0.2) is 0 Å². The lowest BCUT2D eigenvalue weighted by atomic mass is 9.96. The van der Waals surface area contributed by atoms with E-state index in [-0.39, 0.29) is 23.6 Å². The molecular weight excluding hydrogens is 396 g/mol. The van der Waals surface area contributed by atoms with Gasteiger partial charge in [-0.2, -0.15) is 4.98 Å². The number of nitrogens with zero attached hydrogens (tertiary/aromatic N) is 4. The van der Waals surface area contributed by atoms with Crippen molar-refractivity contribution in [3.05, 3.63) is 82.5 Å². The SMILES string of the molecule is Nc1nc(Cl)cc(N2CCN(C(c3ccc(F)cc3)c3ccc(F)cc3)CC2)n1. The first-order valence-corrected chi connectivity index (χ1v) is 9.67. The van der Waals surface area contributed by atoms with E-state index in [1.807, 2.05) is 0 Å². The van der Waals surface area contributed by atoms with Crippen molar-refractivity contribution in [2.75, 3.05) is 36.8 Å². The van der Waals surface area contributed by atoms with Gasteiger partial charge in [0, 0.05) is 32.2 Å². The Balaban J connectivity index is 1.57. The fourth-order valence-corrected chi connectivity index (χ4v) is 3.88. The molecule has 0 amide bonds. The zero-order valence-electron chi connectivity index (χ0n) is 15.6. The van der Waals surface area contributed by atoms with Crippen LogP contribution in [-0.2, 0) is 0 Å². The van der Waals surface area contributed by atoms with E-state index in [1.54, 1.807) is 30.3 Å². The highest BCUT2D eigenvalue weighted by atomic mass is 35.5. The van der Waals surface area contributed by atoms with Crippen LogP contribution in [0.2, 0.25) is 5.15 Å². The maximum Gasteiger partial charge on any atom is 0.223 e. The molecule has 1 aliphatic heterocycles. The van der Waals surface area contributed by atoms with Crippen LogP contribution in [0.25, 0.3) is 0 Å². The molecule has 8 heteroatoms. The highest BCUT2D eigenvalue weighted by molar-refractivity contribution is 6.29. The van der Waals surface area contributed by atoms with Crippen LogP contribution in [-0.4, -0.2) is 41.0 Å². The Morgan fingerprint density at radius 2 is 1.34 bits per heavy atom. The number of nitrogens with two attached hydrogens (primary N) is 1. The minimum absolute atomic E-state index is 0.0996. The van der Waals surface area contributed by atoms with Gasteiger partial charge < -0.3 is 10.6 Å². The zero-order valence-corrected chi connectivity index (χ0v) is 16.4. The monoisotopic (exact) mass is 415 g/mol. The Bertz CT molecular complexity index is 908. The van der Waals surface area contributed by atoms with Crippen molar-refractivity contribution in [3.8, 4) is 0 Å². The van der Waals surface area contributed by atoms with Crippen LogP contribution < -0.4 is 10.6 Å². The summed E-state index contributed by atoms with van der Waals surface area (Å²) in [5, 5.41) is 0.311. The summed E-state index contributed by atoms with van der Waals surface area (Å²) in [4.78, 5) is 12.6. The first-order valence-electron chi connectivity index (χ1n) is 9.29. The molecule has 2 aromatic carbocycles. The van der Waals surface area contributed by atoms with Gasteiger partial charge in [-0.3, -0.25) is 4.90 Å². The molecule has 0 unspecified atom stereocenters. The summed E-state index contributed by atoms with van der Waals surface area (Å²) in [7, 11) is 0. The molecule has 1 saturated heterocycles. The summed E-state index contributed by atoms with van der Waals surface area (Å²) in [6, 6.07) is 14.5. The van der Waals surface area contributed by atoms with E-state index >= 15 is 0 Å². The second-order valence-corrected chi connectivity index (χ2v) is 7.32. The second kappa shape index (κ2) is 8.31. The summed E-state index contributed by atoms with van der Waals surface area (Å²) < 4.78 is 26.9. The topological polar surface area (TPSA) is 58.3 Å². The normalized spacial score (nSPS) is 15.1. The number of aromatic nitrogens is 2. The van der Waals surface area contributed by atoms with Crippen molar-refractivity contribution in [1.82, 2.24) is 14.9 Å². The van der Waals surface area contributed by atoms with Gasteiger partial charge in [-0.05, 0) is 35.4 Å². The predicted octanol–water partition coefficient (Wildman–Crippen LogP) is 3.90. The Kier molecular flexibility index (Phi) is 5.60. The summed E-state index contributed by atoms with van der Waals surface area (Å²) in [5.74, 6) is 0.275. The maximum atomic E-state index is 13.4. The van der Waals surface area contributed by atoms with E-state index in [0.717, 1.165) is 24.2 Å². The Labute approximate surface area is 172 Å². The van der Waals surface area contributed by atoms with Crippen LogP contribution in [0, 0.1) is 11.6 Å².